The van der Waals surface area contributed by atoms with Crippen molar-refractivity contribution in [2.75, 3.05) is 31.3 Å². The third-order valence-corrected chi connectivity index (χ3v) is 3.54. The van der Waals surface area contributed by atoms with Gasteiger partial charge in [-0.15, -0.1) is 0 Å². The molecule has 92 valence electrons. The van der Waals surface area contributed by atoms with Gasteiger partial charge in [-0.1, -0.05) is 6.07 Å². The Morgan fingerprint density at radius 1 is 1.22 bits per heavy atom. The van der Waals surface area contributed by atoms with Gasteiger partial charge in [0.1, 0.15) is 24.5 Å². The second-order valence-corrected chi connectivity index (χ2v) is 4.58. The molecule has 2 aliphatic heterocycles. The van der Waals surface area contributed by atoms with Crippen LogP contribution in [0.1, 0.15) is 0 Å². The van der Waals surface area contributed by atoms with Crippen LogP contribution in [0, 0.1) is 0 Å². The highest BCUT2D eigenvalue weighted by Gasteiger charge is 2.30. The van der Waals surface area contributed by atoms with Gasteiger partial charge in [-0.05, 0) is 12.1 Å². The van der Waals surface area contributed by atoms with Crippen molar-refractivity contribution in [3.8, 4) is 5.75 Å². The molecule has 0 radical (unpaired) electrons. The van der Waals surface area contributed by atoms with Gasteiger partial charge < -0.3 is 14.4 Å². The highest BCUT2D eigenvalue weighted by atomic mass is 16.5. The van der Waals surface area contributed by atoms with Crippen molar-refractivity contribution in [3.63, 3.8) is 0 Å². The summed E-state index contributed by atoms with van der Waals surface area (Å²) in [6.07, 6.45) is 1.62. The Bertz CT molecular complexity index is 597. The molecule has 18 heavy (non-hydrogen) atoms. The van der Waals surface area contributed by atoms with Crippen molar-refractivity contribution < 1.29 is 9.47 Å². The minimum atomic E-state index is 0.240. The molecule has 2 aromatic rings. The molecule has 5 heteroatoms. The lowest BCUT2D eigenvalue weighted by molar-refractivity contribution is 0.0782. The first-order valence-electron chi connectivity index (χ1n) is 6.14. The lowest BCUT2D eigenvalue weighted by Crippen LogP contribution is -2.48. The maximum atomic E-state index is 5.89. The molecule has 1 aromatic carbocycles. The van der Waals surface area contributed by atoms with Crippen LogP contribution in [0.4, 0.5) is 5.82 Å². The highest BCUT2D eigenvalue weighted by Crippen LogP contribution is 2.35. The van der Waals surface area contributed by atoms with Gasteiger partial charge in [0.2, 0.25) is 0 Å². The number of anilines is 1. The summed E-state index contributed by atoms with van der Waals surface area (Å²) in [5, 5.41) is 1.02. The van der Waals surface area contributed by atoms with E-state index in [-0.39, 0.29) is 6.04 Å². The lowest BCUT2D eigenvalue weighted by Gasteiger charge is -2.34. The number of morpholine rings is 1. The summed E-state index contributed by atoms with van der Waals surface area (Å²) in [4.78, 5) is 11.1. The number of hydrogen-bond acceptors (Lipinski definition) is 5. The molecule has 2 aliphatic rings. The Morgan fingerprint density at radius 3 is 3.22 bits per heavy atom. The molecule has 1 saturated heterocycles. The van der Waals surface area contributed by atoms with E-state index >= 15 is 0 Å². The fourth-order valence-electron chi connectivity index (χ4n) is 2.66. The highest BCUT2D eigenvalue weighted by molar-refractivity contribution is 5.95. The van der Waals surface area contributed by atoms with E-state index in [0.29, 0.717) is 13.2 Å². The molecule has 1 unspecified atom stereocenters. The van der Waals surface area contributed by atoms with Crippen LogP contribution in [0.3, 0.4) is 0 Å². The maximum Gasteiger partial charge on any atom is 0.144 e. The van der Waals surface area contributed by atoms with E-state index in [0.717, 1.165) is 35.6 Å². The average molecular weight is 243 g/mol. The lowest BCUT2D eigenvalue weighted by atomic mass is 10.2. The van der Waals surface area contributed by atoms with Crippen LogP contribution in [0.2, 0.25) is 0 Å². The van der Waals surface area contributed by atoms with Gasteiger partial charge in [-0.3, -0.25) is 0 Å². The summed E-state index contributed by atoms with van der Waals surface area (Å²) >= 11 is 0. The number of aromatic nitrogens is 2. The van der Waals surface area contributed by atoms with E-state index in [1.807, 2.05) is 18.2 Å². The fourth-order valence-corrected chi connectivity index (χ4v) is 2.66. The van der Waals surface area contributed by atoms with Crippen LogP contribution in [0.15, 0.2) is 24.5 Å². The first-order chi connectivity index (χ1) is 8.93. The normalized spacial score (nSPS) is 22.2. The Balaban J connectivity index is 1.98. The number of hydrogen-bond donors (Lipinski definition) is 0. The molecular weight excluding hydrogens is 230 g/mol. The Labute approximate surface area is 104 Å². The standard InChI is InChI=1S/C13H13N3O2/c1-2-10-12-11(3-1)18-7-9-6-17-5-4-16(9)13(12)15-8-14-10/h1-3,8-9H,4-7H2. The van der Waals surface area contributed by atoms with Gasteiger partial charge in [0.05, 0.1) is 30.2 Å². The number of nitrogens with zero attached hydrogens (tertiary/aromatic N) is 3. The third-order valence-electron chi connectivity index (χ3n) is 3.54. The largest absolute Gasteiger partial charge is 0.490 e. The van der Waals surface area contributed by atoms with Crippen LogP contribution < -0.4 is 9.64 Å². The molecule has 0 amide bonds. The van der Waals surface area contributed by atoms with Crippen molar-refractivity contribution in [3.05, 3.63) is 24.5 Å². The number of rotatable bonds is 0. The summed E-state index contributed by atoms with van der Waals surface area (Å²) in [5.41, 5.74) is 0.935. The minimum absolute atomic E-state index is 0.240. The van der Waals surface area contributed by atoms with E-state index in [2.05, 4.69) is 14.9 Å². The summed E-state index contributed by atoms with van der Waals surface area (Å²) < 4.78 is 11.4. The molecule has 0 saturated carbocycles. The van der Waals surface area contributed by atoms with Crippen LogP contribution in [0.25, 0.3) is 10.9 Å². The van der Waals surface area contributed by atoms with Crippen molar-refractivity contribution in [1.29, 1.82) is 0 Å². The van der Waals surface area contributed by atoms with Gasteiger partial charge >= 0.3 is 0 Å². The van der Waals surface area contributed by atoms with Gasteiger partial charge in [-0.2, -0.15) is 0 Å². The molecule has 0 bridgehead atoms. The van der Waals surface area contributed by atoms with Crippen molar-refractivity contribution in [1.82, 2.24) is 9.97 Å². The minimum Gasteiger partial charge on any atom is -0.490 e. The van der Waals surface area contributed by atoms with Gasteiger partial charge in [0.25, 0.3) is 0 Å². The second kappa shape index (κ2) is 3.81. The Morgan fingerprint density at radius 2 is 2.22 bits per heavy atom. The SMILES string of the molecule is c1cc2c3c(ncnc3c1)N1CCOCC1CO2. The van der Waals surface area contributed by atoms with Crippen molar-refractivity contribution >= 4 is 16.7 Å². The predicted octanol–water partition coefficient (Wildman–Crippen LogP) is 1.23. The van der Waals surface area contributed by atoms with Crippen molar-refractivity contribution in [2.24, 2.45) is 0 Å². The molecule has 5 nitrogen and oxygen atoms in total. The first kappa shape index (κ1) is 10.1. The topological polar surface area (TPSA) is 47.5 Å². The molecular formula is C13H13N3O2. The molecule has 0 spiro atoms. The predicted molar refractivity (Wildman–Crippen MR) is 67.0 cm³/mol. The van der Waals surface area contributed by atoms with Crippen LogP contribution in [-0.2, 0) is 4.74 Å². The zero-order valence-corrected chi connectivity index (χ0v) is 9.87. The van der Waals surface area contributed by atoms with Gasteiger partial charge in [0.15, 0.2) is 0 Å². The number of benzene rings is 1. The van der Waals surface area contributed by atoms with E-state index < -0.39 is 0 Å². The Kier molecular flexibility index (Phi) is 2.14. The molecule has 1 fully saturated rings. The third kappa shape index (κ3) is 1.37. The maximum absolute atomic E-state index is 5.89. The van der Waals surface area contributed by atoms with E-state index in [1.54, 1.807) is 6.33 Å². The molecule has 3 heterocycles. The molecule has 0 aliphatic carbocycles. The van der Waals surface area contributed by atoms with Crippen molar-refractivity contribution in [2.45, 2.75) is 6.04 Å². The molecule has 1 aromatic heterocycles. The van der Waals surface area contributed by atoms with E-state index in [9.17, 15) is 0 Å². The quantitative estimate of drug-likeness (QED) is 0.696. The number of fused-ring (bicyclic) bond motifs is 2. The van der Waals surface area contributed by atoms with E-state index in [1.165, 1.54) is 0 Å². The van der Waals surface area contributed by atoms with E-state index in [4.69, 9.17) is 9.47 Å². The smallest absolute Gasteiger partial charge is 0.144 e. The average Bonchev–Trinajstić information content (AvgIpc) is 2.60. The van der Waals surface area contributed by atoms with Gasteiger partial charge in [-0.25, -0.2) is 9.97 Å². The summed E-state index contributed by atoms with van der Waals surface area (Å²) in [6, 6.07) is 6.18. The monoisotopic (exact) mass is 243 g/mol. The zero-order valence-electron chi connectivity index (χ0n) is 9.87. The van der Waals surface area contributed by atoms with Gasteiger partial charge in [0, 0.05) is 6.54 Å². The summed E-state index contributed by atoms with van der Waals surface area (Å²) in [5.74, 6) is 1.85. The van der Waals surface area contributed by atoms with Crippen LogP contribution in [-0.4, -0.2) is 42.4 Å². The summed E-state index contributed by atoms with van der Waals surface area (Å²) in [6.45, 7) is 2.92. The summed E-state index contributed by atoms with van der Waals surface area (Å²) in [7, 11) is 0. The first-order valence-corrected chi connectivity index (χ1v) is 6.14. The second-order valence-electron chi connectivity index (χ2n) is 4.58. The molecule has 1 atom stereocenters. The van der Waals surface area contributed by atoms with Crippen LogP contribution in [0.5, 0.6) is 5.75 Å². The zero-order chi connectivity index (χ0) is 11.9. The Hall–Kier alpha value is -1.88. The molecule has 4 rings (SSSR count). The van der Waals surface area contributed by atoms with Crippen LogP contribution >= 0.6 is 0 Å². The fraction of sp³-hybridized carbons (Fsp3) is 0.385. The molecule has 0 N–H and O–H groups in total. The number of ether oxygens (including phenoxy) is 2.